The maximum Gasteiger partial charge on any atom is 0.0608 e. The van der Waals surface area contributed by atoms with Crippen molar-refractivity contribution in [2.45, 2.75) is 48.5 Å². The maximum absolute atomic E-state index is 6.12. The van der Waals surface area contributed by atoms with Crippen LogP contribution in [0.25, 0.3) is 0 Å². The third-order valence-electron chi connectivity index (χ3n) is 3.26. The average Bonchev–Trinajstić information content (AvgIpc) is 2.23. The number of nitrogens with zero attached hydrogens (tertiary/aromatic N) is 1. The molecule has 106 valence electrons. The molecule has 0 spiro atoms. The molecule has 0 aromatic heterocycles. The highest BCUT2D eigenvalue weighted by molar-refractivity contribution is 5.47. The van der Waals surface area contributed by atoms with Gasteiger partial charge in [-0.1, -0.05) is 53.7 Å². The second-order valence-corrected chi connectivity index (χ2v) is 7.07. The molecule has 0 aliphatic carbocycles. The summed E-state index contributed by atoms with van der Waals surface area (Å²) in [6, 6.07) is 0. The largest absolute Gasteiger partial charge is 0.287 e. The standard InChI is InChI=1S/C17H28N2/c1-8-13(16(2,3)4)15(17(5,6)7)14-11-9-10-12-19(14)18/h8-12H,18H2,1-7H3/b13-8+,15-14+. The first-order chi connectivity index (χ1) is 8.59. The van der Waals surface area contributed by atoms with E-state index in [9.17, 15) is 0 Å². The Balaban J connectivity index is 3.53. The molecule has 0 bridgehead atoms. The molecule has 0 radical (unpaired) electrons. The van der Waals surface area contributed by atoms with Crippen molar-refractivity contribution in [1.82, 2.24) is 5.01 Å². The molecule has 1 aliphatic rings. The van der Waals surface area contributed by atoms with Gasteiger partial charge in [-0.15, -0.1) is 0 Å². The zero-order valence-corrected chi connectivity index (χ0v) is 13.4. The molecule has 1 rings (SSSR count). The number of hydrazine groups is 1. The van der Waals surface area contributed by atoms with Crippen molar-refractivity contribution < 1.29 is 0 Å². The molecule has 0 saturated heterocycles. The summed E-state index contributed by atoms with van der Waals surface area (Å²) in [5.41, 5.74) is 3.88. The molecule has 19 heavy (non-hydrogen) atoms. The van der Waals surface area contributed by atoms with Gasteiger partial charge in [-0.25, -0.2) is 5.84 Å². The summed E-state index contributed by atoms with van der Waals surface area (Å²) in [6.07, 6.45) is 10.2. The highest BCUT2D eigenvalue weighted by Crippen LogP contribution is 2.43. The second kappa shape index (κ2) is 5.38. The van der Waals surface area contributed by atoms with Gasteiger partial charge < -0.3 is 0 Å². The molecular weight excluding hydrogens is 232 g/mol. The van der Waals surface area contributed by atoms with Crippen molar-refractivity contribution in [2.24, 2.45) is 16.7 Å². The number of hydrogen-bond acceptors (Lipinski definition) is 2. The predicted octanol–water partition coefficient (Wildman–Crippen LogP) is 4.54. The smallest absolute Gasteiger partial charge is 0.0608 e. The van der Waals surface area contributed by atoms with Crippen molar-refractivity contribution in [3.63, 3.8) is 0 Å². The van der Waals surface area contributed by atoms with Crippen LogP contribution < -0.4 is 5.84 Å². The van der Waals surface area contributed by atoms with Crippen LogP contribution >= 0.6 is 0 Å². The highest BCUT2D eigenvalue weighted by Gasteiger charge is 2.31. The van der Waals surface area contributed by atoms with Gasteiger partial charge in [-0.3, -0.25) is 5.01 Å². The van der Waals surface area contributed by atoms with Crippen LogP contribution in [0.15, 0.2) is 47.3 Å². The van der Waals surface area contributed by atoms with Gasteiger partial charge in [-0.2, -0.15) is 0 Å². The fraction of sp³-hybridized carbons (Fsp3) is 0.529. The Morgan fingerprint density at radius 1 is 1.05 bits per heavy atom. The summed E-state index contributed by atoms with van der Waals surface area (Å²) >= 11 is 0. The van der Waals surface area contributed by atoms with E-state index in [0.717, 1.165) is 5.70 Å². The van der Waals surface area contributed by atoms with Gasteiger partial charge >= 0.3 is 0 Å². The van der Waals surface area contributed by atoms with Gasteiger partial charge in [0.15, 0.2) is 0 Å². The van der Waals surface area contributed by atoms with Crippen LogP contribution in [0.4, 0.5) is 0 Å². The molecule has 0 amide bonds. The number of hydrogen-bond donors (Lipinski definition) is 1. The Morgan fingerprint density at radius 3 is 2.00 bits per heavy atom. The monoisotopic (exact) mass is 260 g/mol. The number of rotatable bonds is 1. The lowest BCUT2D eigenvalue weighted by molar-refractivity contribution is 0.414. The average molecular weight is 260 g/mol. The molecule has 2 heteroatoms. The fourth-order valence-corrected chi connectivity index (χ4v) is 2.55. The maximum atomic E-state index is 6.12. The third kappa shape index (κ3) is 3.60. The van der Waals surface area contributed by atoms with Crippen LogP contribution in [0.5, 0.6) is 0 Å². The van der Waals surface area contributed by atoms with E-state index >= 15 is 0 Å². The minimum atomic E-state index is 0.0393. The molecule has 0 aromatic carbocycles. The quantitative estimate of drug-likeness (QED) is 0.701. The molecule has 0 aromatic rings. The lowest BCUT2D eigenvalue weighted by Crippen LogP contribution is -2.31. The molecule has 0 unspecified atom stereocenters. The Bertz CT molecular complexity index is 449. The summed E-state index contributed by atoms with van der Waals surface area (Å²) in [5, 5.41) is 1.72. The first-order valence-corrected chi connectivity index (χ1v) is 6.89. The molecule has 0 saturated carbocycles. The van der Waals surface area contributed by atoms with Crippen LogP contribution in [0.3, 0.4) is 0 Å². The van der Waals surface area contributed by atoms with Gasteiger partial charge in [0.2, 0.25) is 0 Å². The van der Waals surface area contributed by atoms with E-state index in [0.29, 0.717) is 0 Å². The SMILES string of the molecule is C/C=C(\C(=C1\C=CC=CN1N)C(C)(C)C)C(C)(C)C. The third-order valence-corrected chi connectivity index (χ3v) is 3.26. The molecule has 2 nitrogen and oxygen atoms in total. The minimum absolute atomic E-state index is 0.0393. The van der Waals surface area contributed by atoms with E-state index in [1.807, 2.05) is 18.4 Å². The minimum Gasteiger partial charge on any atom is -0.287 e. The topological polar surface area (TPSA) is 29.3 Å². The second-order valence-electron chi connectivity index (χ2n) is 7.07. The van der Waals surface area contributed by atoms with Crippen LogP contribution in [-0.4, -0.2) is 5.01 Å². The van der Waals surface area contributed by atoms with E-state index < -0.39 is 0 Å². The Morgan fingerprint density at radius 2 is 1.63 bits per heavy atom. The van der Waals surface area contributed by atoms with Crippen molar-refractivity contribution in [2.75, 3.05) is 0 Å². The van der Waals surface area contributed by atoms with Crippen molar-refractivity contribution in [1.29, 1.82) is 0 Å². The van der Waals surface area contributed by atoms with E-state index in [4.69, 9.17) is 5.84 Å². The predicted molar refractivity (Wildman–Crippen MR) is 84.0 cm³/mol. The highest BCUT2D eigenvalue weighted by atomic mass is 15.4. The molecule has 1 heterocycles. The van der Waals surface area contributed by atoms with Gasteiger partial charge in [0.05, 0.1) is 5.70 Å². The van der Waals surface area contributed by atoms with E-state index in [2.05, 4.69) is 60.6 Å². The summed E-state index contributed by atoms with van der Waals surface area (Å²) in [4.78, 5) is 0. The lowest BCUT2D eigenvalue weighted by Gasteiger charge is -2.36. The Hall–Kier alpha value is -1.28. The van der Waals surface area contributed by atoms with Crippen LogP contribution in [0.2, 0.25) is 0 Å². The zero-order chi connectivity index (χ0) is 14.8. The summed E-state index contributed by atoms with van der Waals surface area (Å²) < 4.78 is 0. The van der Waals surface area contributed by atoms with Gasteiger partial charge in [-0.05, 0) is 41.1 Å². The Kier molecular flexibility index (Phi) is 4.46. The first-order valence-electron chi connectivity index (χ1n) is 6.89. The van der Waals surface area contributed by atoms with E-state index in [1.165, 1.54) is 11.1 Å². The van der Waals surface area contributed by atoms with Crippen LogP contribution in [0.1, 0.15) is 48.5 Å². The number of nitrogens with two attached hydrogens (primary N) is 1. The summed E-state index contributed by atoms with van der Waals surface area (Å²) in [5.74, 6) is 6.12. The van der Waals surface area contributed by atoms with E-state index in [1.54, 1.807) is 5.01 Å². The molecule has 0 fully saturated rings. The van der Waals surface area contributed by atoms with Crippen LogP contribution in [0, 0.1) is 10.8 Å². The van der Waals surface area contributed by atoms with Gasteiger partial charge in [0.25, 0.3) is 0 Å². The normalized spacial score (nSPS) is 20.0. The van der Waals surface area contributed by atoms with E-state index in [-0.39, 0.29) is 10.8 Å². The van der Waals surface area contributed by atoms with Crippen molar-refractivity contribution >= 4 is 0 Å². The van der Waals surface area contributed by atoms with Gasteiger partial charge in [0.1, 0.15) is 0 Å². The Labute approximate surface area is 118 Å². The van der Waals surface area contributed by atoms with Crippen molar-refractivity contribution in [3.8, 4) is 0 Å². The van der Waals surface area contributed by atoms with Gasteiger partial charge in [0, 0.05) is 6.20 Å². The fourth-order valence-electron chi connectivity index (χ4n) is 2.55. The lowest BCUT2D eigenvalue weighted by atomic mass is 9.71. The summed E-state index contributed by atoms with van der Waals surface area (Å²) in [7, 11) is 0. The first kappa shape index (κ1) is 15.8. The summed E-state index contributed by atoms with van der Waals surface area (Å²) in [6.45, 7) is 15.6. The molecule has 0 atom stereocenters. The molecule has 1 aliphatic heterocycles. The zero-order valence-electron chi connectivity index (χ0n) is 13.4. The van der Waals surface area contributed by atoms with Crippen LogP contribution in [-0.2, 0) is 0 Å². The van der Waals surface area contributed by atoms with Crippen molar-refractivity contribution in [3.05, 3.63) is 47.3 Å². The molecule has 2 N–H and O–H groups in total. The number of allylic oxidation sites excluding steroid dienone is 6. The molecular formula is C17H28N2.